The van der Waals surface area contributed by atoms with E-state index in [0.29, 0.717) is 25.7 Å². The molecule has 3 atom stereocenters. The number of ether oxygens (including phenoxy) is 1. The van der Waals surface area contributed by atoms with E-state index >= 15 is 0 Å². The summed E-state index contributed by atoms with van der Waals surface area (Å²) in [6, 6.07) is -0.501. The molecule has 0 radical (unpaired) electrons. The van der Waals surface area contributed by atoms with Gasteiger partial charge in [-0.25, -0.2) is 13.1 Å². The Kier molecular flexibility index (Phi) is 6.42. The summed E-state index contributed by atoms with van der Waals surface area (Å²) in [7, 11) is -2.36. The number of sulfonamides is 1. The summed E-state index contributed by atoms with van der Waals surface area (Å²) in [6.07, 6.45) is 2.24. The largest absolute Gasteiger partial charge is 0.469 e. The molecule has 0 aliphatic heterocycles. The van der Waals surface area contributed by atoms with Gasteiger partial charge < -0.3 is 9.84 Å². The van der Waals surface area contributed by atoms with Crippen molar-refractivity contribution in [2.75, 3.05) is 13.7 Å². The predicted octanol–water partition coefficient (Wildman–Crippen LogP) is 0.654. The highest BCUT2D eigenvalue weighted by Gasteiger charge is 2.42. The smallest absolute Gasteiger partial charge is 0.310 e. The minimum atomic E-state index is -3.63. The second kappa shape index (κ2) is 7.38. The Morgan fingerprint density at radius 1 is 1.40 bits per heavy atom. The van der Waals surface area contributed by atoms with Gasteiger partial charge in [0, 0.05) is 6.04 Å². The molecule has 0 bridgehead atoms. The molecule has 0 aromatic heterocycles. The number of hydrogen-bond donors (Lipinski definition) is 2. The molecule has 1 rings (SSSR count). The van der Waals surface area contributed by atoms with Crippen LogP contribution in [0.2, 0.25) is 0 Å². The molecule has 7 heteroatoms. The monoisotopic (exact) mass is 307 g/mol. The fourth-order valence-electron chi connectivity index (χ4n) is 2.77. The molecule has 3 unspecified atom stereocenters. The Morgan fingerprint density at radius 3 is 2.55 bits per heavy atom. The molecular weight excluding hydrogens is 282 g/mol. The number of hydrogen-bond acceptors (Lipinski definition) is 5. The van der Waals surface area contributed by atoms with Crippen LogP contribution in [-0.2, 0) is 19.6 Å². The average Bonchev–Trinajstić information content (AvgIpc) is 2.86. The summed E-state index contributed by atoms with van der Waals surface area (Å²) in [6.45, 7) is 3.68. The Hall–Kier alpha value is -0.660. The zero-order valence-electron chi connectivity index (χ0n) is 12.3. The molecule has 1 aliphatic carbocycles. The molecule has 0 heterocycles. The van der Waals surface area contributed by atoms with Crippen molar-refractivity contribution in [1.29, 1.82) is 0 Å². The van der Waals surface area contributed by atoms with Gasteiger partial charge in [-0.05, 0) is 25.2 Å². The van der Waals surface area contributed by atoms with Crippen molar-refractivity contribution in [2.45, 2.75) is 50.8 Å². The van der Waals surface area contributed by atoms with E-state index in [1.165, 1.54) is 7.11 Å². The van der Waals surface area contributed by atoms with Crippen molar-refractivity contribution in [3.8, 4) is 0 Å². The molecule has 1 fully saturated rings. The predicted molar refractivity (Wildman–Crippen MR) is 75.5 cm³/mol. The Bertz CT molecular complexity index is 420. The van der Waals surface area contributed by atoms with Crippen LogP contribution in [0.4, 0.5) is 0 Å². The second-order valence-electron chi connectivity index (χ2n) is 5.77. The third-order valence-corrected chi connectivity index (χ3v) is 5.69. The number of aliphatic hydroxyl groups excluding tert-OH is 1. The number of carbonyl (C=O) groups excluding carboxylic acids is 1. The molecule has 6 nitrogen and oxygen atoms in total. The van der Waals surface area contributed by atoms with Crippen LogP contribution < -0.4 is 4.72 Å². The van der Waals surface area contributed by atoms with Crippen molar-refractivity contribution in [1.82, 2.24) is 4.72 Å². The van der Waals surface area contributed by atoms with E-state index in [2.05, 4.69) is 9.46 Å². The lowest BCUT2D eigenvalue weighted by Crippen LogP contribution is -2.45. The van der Waals surface area contributed by atoms with Crippen molar-refractivity contribution >= 4 is 16.0 Å². The zero-order chi connectivity index (χ0) is 15.3. The lowest BCUT2D eigenvalue weighted by atomic mass is 10.1. The first-order chi connectivity index (χ1) is 9.31. The summed E-state index contributed by atoms with van der Waals surface area (Å²) >= 11 is 0. The van der Waals surface area contributed by atoms with Crippen LogP contribution in [0.15, 0.2) is 0 Å². The van der Waals surface area contributed by atoms with Gasteiger partial charge in [0.15, 0.2) is 0 Å². The molecule has 0 spiro atoms. The van der Waals surface area contributed by atoms with Crippen LogP contribution in [0.1, 0.15) is 39.5 Å². The molecule has 0 aromatic rings. The first-order valence-electron chi connectivity index (χ1n) is 7.01. The molecule has 1 saturated carbocycles. The molecule has 0 saturated heterocycles. The van der Waals surface area contributed by atoms with Crippen LogP contribution in [0, 0.1) is 11.8 Å². The fourth-order valence-corrected chi connectivity index (χ4v) is 4.73. The summed E-state index contributed by atoms with van der Waals surface area (Å²) < 4.78 is 32.0. The quantitative estimate of drug-likeness (QED) is 0.674. The van der Waals surface area contributed by atoms with Gasteiger partial charge in [-0.2, -0.15) is 0 Å². The maximum absolute atomic E-state index is 12.4. The number of rotatable bonds is 7. The number of methoxy groups -OCH3 is 1. The van der Waals surface area contributed by atoms with E-state index in [1.807, 2.05) is 13.8 Å². The summed E-state index contributed by atoms with van der Waals surface area (Å²) in [5.41, 5.74) is 0. The summed E-state index contributed by atoms with van der Waals surface area (Å²) in [5, 5.41) is 8.53. The normalized spacial score (nSPS) is 24.9. The molecular formula is C13H25NO5S. The zero-order valence-corrected chi connectivity index (χ0v) is 13.1. The van der Waals surface area contributed by atoms with Crippen molar-refractivity contribution in [2.24, 2.45) is 11.8 Å². The highest BCUT2D eigenvalue weighted by molar-refractivity contribution is 7.90. The lowest BCUT2D eigenvalue weighted by molar-refractivity contribution is -0.145. The molecule has 20 heavy (non-hydrogen) atoms. The van der Waals surface area contributed by atoms with E-state index in [-0.39, 0.29) is 12.5 Å². The highest BCUT2D eigenvalue weighted by atomic mass is 32.2. The van der Waals surface area contributed by atoms with Gasteiger partial charge in [0.05, 0.1) is 24.9 Å². The standard InChI is InChI=1S/C13H25NO5S/c1-9(2)7-10(8-15)14-20(17,18)12-6-4-5-11(12)13(16)19-3/h9-12,14-15H,4-8H2,1-3H3. The maximum Gasteiger partial charge on any atom is 0.310 e. The lowest BCUT2D eigenvalue weighted by Gasteiger charge is -2.23. The Morgan fingerprint density at radius 2 is 2.05 bits per heavy atom. The Balaban J connectivity index is 2.79. The van der Waals surface area contributed by atoms with Gasteiger partial charge in [-0.1, -0.05) is 20.3 Å². The van der Waals surface area contributed by atoms with E-state index < -0.39 is 33.2 Å². The van der Waals surface area contributed by atoms with E-state index in [4.69, 9.17) is 0 Å². The van der Waals surface area contributed by atoms with Crippen LogP contribution in [-0.4, -0.2) is 44.5 Å². The van der Waals surface area contributed by atoms with Gasteiger partial charge in [0.1, 0.15) is 0 Å². The third-order valence-electron chi connectivity index (χ3n) is 3.66. The molecule has 2 N–H and O–H groups in total. The minimum Gasteiger partial charge on any atom is -0.469 e. The van der Waals surface area contributed by atoms with Crippen molar-refractivity contribution in [3.63, 3.8) is 0 Å². The van der Waals surface area contributed by atoms with E-state index in [0.717, 1.165) is 0 Å². The van der Waals surface area contributed by atoms with Gasteiger partial charge in [0.2, 0.25) is 10.0 Å². The minimum absolute atomic E-state index is 0.243. The van der Waals surface area contributed by atoms with Crippen LogP contribution in [0.3, 0.4) is 0 Å². The SMILES string of the molecule is COC(=O)C1CCCC1S(=O)(=O)NC(CO)CC(C)C. The molecule has 118 valence electrons. The number of nitrogens with one attached hydrogen (secondary N) is 1. The van der Waals surface area contributed by atoms with Gasteiger partial charge in [-0.15, -0.1) is 0 Å². The van der Waals surface area contributed by atoms with Gasteiger partial charge >= 0.3 is 5.97 Å². The van der Waals surface area contributed by atoms with Crippen molar-refractivity contribution in [3.05, 3.63) is 0 Å². The number of aliphatic hydroxyl groups is 1. The van der Waals surface area contributed by atoms with Gasteiger partial charge in [-0.3, -0.25) is 4.79 Å². The first-order valence-corrected chi connectivity index (χ1v) is 8.56. The number of carbonyl (C=O) groups is 1. The third kappa shape index (κ3) is 4.43. The summed E-state index contributed by atoms with van der Waals surface area (Å²) in [5.74, 6) is -0.798. The van der Waals surface area contributed by atoms with E-state index in [1.54, 1.807) is 0 Å². The average molecular weight is 307 g/mol. The number of esters is 1. The second-order valence-corrected chi connectivity index (χ2v) is 7.70. The first kappa shape index (κ1) is 17.4. The van der Waals surface area contributed by atoms with Crippen molar-refractivity contribution < 1.29 is 23.1 Å². The Labute approximate surface area is 120 Å². The molecule has 0 aromatic carbocycles. The van der Waals surface area contributed by atoms with Crippen LogP contribution in [0.5, 0.6) is 0 Å². The summed E-state index contributed by atoms with van der Waals surface area (Å²) in [4.78, 5) is 11.6. The van der Waals surface area contributed by atoms with Crippen LogP contribution in [0.25, 0.3) is 0 Å². The fraction of sp³-hybridized carbons (Fsp3) is 0.923. The van der Waals surface area contributed by atoms with Gasteiger partial charge in [0.25, 0.3) is 0 Å². The molecule has 1 aliphatic rings. The highest BCUT2D eigenvalue weighted by Crippen LogP contribution is 2.32. The van der Waals surface area contributed by atoms with E-state index in [9.17, 15) is 18.3 Å². The van der Waals surface area contributed by atoms with Crippen LogP contribution >= 0.6 is 0 Å². The topological polar surface area (TPSA) is 92.7 Å². The maximum atomic E-state index is 12.4. The molecule has 0 amide bonds.